The predicted octanol–water partition coefficient (Wildman–Crippen LogP) is 3.43. The fraction of sp³-hybridized carbons (Fsp3) is 0.238. The summed E-state index contributed by atoms with van der Waals surface area (Å²) in [6.45, 7) is 5.79. The number of rotatable bonds is 5. The lowest BCUT2D eigenvalue weighted by molar-refractivity contribution is -0.124. The van der Waals surface area contributed by atoms with Gasteiger partial charge < -0.3 is 5.32 Å². The molecule has 0 fully saturated rings. The van der Waals surface area contributed by atoms with E-state index >= 15 is 0 Å². The fourth-order valence-electron chi connectivity index (χ4n) is 2.52. The minimum atomic E-state index is -0.430. The van der Waals surface area contributed by atoms with Crippen molar-refractivity contribution in [3.05, 3.63) is 63.1 Å². The van der Waals surface area contributed by atoms with Gasteiger partial charge in [-0.25, -0.2) is 0 Å². The van der Waals surface area contributed by atoms with Crippen LogP contribution in [-0.4, -0.2) is 22.8 Å². The molecular formula is C21H23BrN4O3S. The molecule has 158 valence electrons. The van der Waals surface area contributed by atoms with Crippen molar-refractivity contribution in [3.63, 3.8) is 0 Å². The van der Waals surface area contributed by atoms with Crippen LogP contribution in [0.1, 0.15) is 39.9 Å². The predicted molar refractivity (Wildman–Crippen MR) is 124 cm³/mol. The first-order valence-electron chi connectivity index (χ1n) is 9.19. The number of hydrazine groups is 1. The Morgan fingerprint density at radius 3 is 2.27 bits per heavy atom. The standard InChI is InChI=1S/C21H23BrN4O3S/c1-12-4-7-17(14(3)10-12)23-18(27)8-9-19(28)25-26-21(30)24-20(29)15-6-5-13(2)16(22)11-15/h4-7,10-11H,8-9H2,1-3H3,(H,23,27)(H,25,28)(H2,24,26,29,30). The molecule has 0 aromatic heterocycles. The van der Waals surface area contributed by atoms with E-state index in [2.05, 4.69) is 37.4 Å². The monoisotopic (exact) mass is 490 g/mol. The van der Waals surface area contributed by atoms with Crippen LogP contribution in [0.3, 0.4) is 0 Å². The molecule has 0 aliphatic heterocycles. The van der Waals surface area contributed by atoms with Crippen LogP contribution in [-0.2, 0) is 9.59 Å². The van der Waals surface area contributed by atoms with E-state index in [1.165, 1.54) is 0 Å². The molecule has 0 spiro atoms. The Morgan fingerprint density at radius 1 is 0.900 bits per heavy atom. The molecule has 0 aliphatic rings. The number of hydrogen-bond donors (Lipinski definition) is 4. The van der Waals surface area contributed by atoms with Gasteiger partial charge in [-0.2, -0.15) is 0 Å². The lowest BCUT2D eigenvalue weighted by Gasteiger charge is -2.12. The third kappa shape index (κ3) is 7.23. The summed E-state index contributed by atoms with van der Waals surface area (Å²) in [5.74, 6) is -1.10. The van der Waals surface area contributed by atoms with Crippen molar-refractivity contribution in [2.45, 2.75) is 33.6 Å². The number of aryl methyl sites for hydroxylation is 3. The van der Waals surface area contributed by atoms with Crippen molar-refractivity contribution in [2.24, 2.45) is 0 Å². The maximum Gasteiger partial charge on any atom is 0.257 e. The quantitative estimate of drug-likeness (QED) is 0.380. The molecule has 9 heteroatoms. The number of thiocarbonyl (C=S) groups is 1. The number of halogens is 1. The van der Waals surface area contributed by atoms with E-state index in [-0.39, 0.29) is 23.9 Å². The third-order valence-corrected chi connectivity index (χ3v) is 5.27. The molecule has 3 amide bonds. The number of amides is 3. The highest BCUT2D eigenvalue weighted by molar-refractivity contribution is 9.10. The summed E-state index contributed by atoms with van der Waals surface area (Å²) in [4.78, 5) is 36.1. The molecule has 0 radical (unpaired) electrons. The molecule has 0 unspecified atom stereocenters. The zero-order valence-electron chi connectivity index (χ0n) is 16.9. The first kappa shape index (κ1) is 23.5. The van der Waals surface area contributed by atoms with Crippen LogP contribution < -0.4 is 21.5 Å². The second-order valence-electron chi connectivity index (χ2n) is 6.79. The van der Waals surface area contributed by atoms with Crippen LogP contribution >= 0.6 is 28.1 Å². The first-order valence-corrected chi connectivity index (χ1v) is 10.4. The van der Waals surface area contributed by atoms with Gasteiger partial charge in [0.2, 0.25) is 11.8 Å². The molecule has 0 atom stereocenters. The molecule has 2 aromatic carbocycles. The molecule has 7 nitrogen and oxygen atoms in total. The molecule has 4 N–H and O–H groups in total. The maximum absolute atomic E-state index is 12.2. The van der Waals surface area contributed by atoms with Crippen LogP contribution in [0.5, 0.6) is 0 Å². The van der Waals surface area contributed by atoms with E-state index in [1.807, 2.05) is 39.0 Å². The van der Waals surface area contributed by atoms with Gasteiger partial charge in [-0.1, -0.05) is 39.7 Å². The largest absolute Gasteiger partial charge is 0.326 e. The lowest BCUT2D eigenvalue weighted by Crippen LogP contribution is -2.48. The van der Waals surface area contributed by atoms with Crippen LogP contribution in [0.25, 0.3) is 0 Å². The van der Waals surface area contributed by atoms with E-state index in [1.54, 1.807) is 18.2 Å². The average Bonchev–Trinajstić information content (AvgIpc) is 2.69. The highest BCUT2D eigenvalue weighted by Gasteiger charge is 2.11. The van der Waals surface area contributed by atoms with E-state index in [0.29, 0.717) is 5.56 Å². The summed E-state index contributed by atoms with van der Waals surface area (Å²) >= 11 is 8.37. The molecular weight excluding hydrogens is 468 g/mol. The Labute approximate surface area is 189 Å². The third-order valence-electron chi connectivity index (χ3n) is 4.21. The van der Waals surface area contributed by atoms with Crippen molar-refractivity contribution in [3.8, 4) is 0 Å². The minimum Gasteiger partial charge on any atom is -0.326 e. The van der Waals surface area contributed by atoms with Crippen LogP contribution in [0.2, 0.25) is 0 Å². The average molecular weight is 491 g/mol. The summed E-state index contributed by atoms with van der Waals surface area (Å²) in [6.07, 6.45) is -0.0252. The molecule has 0 bridgehead atoms. The Balaban J connectivity index is 1.73. The number of benzene rings is 2. The lowest BCUT2D eigenvalue weighted by atomic mass is 10.1. The van der Waals surface area contributed by atoms with E-state index in [0.717, 1.165) is 26.9 Å². The van der Waals surface area contributed by atoms with Crippen LogP contribution in [0, 0.1) is 20.8 Å². The van der Waals surface area contributed by atoms with Crippen molar-refractivity contribution in [1.29, 1.82) is 0 Å². The summed E-state index contributed by atoms with van der Waals surface area (Å²) in [7, 11) is 0. The van der Waals surface area contributed by atoms with Crippen LogP contribution in [0.4, 0.5) is 5.69 Å². The van der Waals surface area contributed by atoms with Gasteiger partial charge in [0.05, 0.1) is 0 Å². The normalized spacial score (nSPS) is 10.1. The summed E-state index contributed by atoms with van der Waals surface area (Å²) in [6, 6.07) is 10.9. The topological polar surface area (TPSA) is 99.3 Å². The molecule has 0 saturated heterocycles. The summed E-state index contributed by atoms with van der Waals surface area (Å²) in [5, 5.41) is 5.21. The van der Waals surface area contributed by atoms with Gasteiger partial charge in [0, 0.05) is 28.6 Å². The van der Waals surface area contributed by atoms with Gasteiger partial charge in [-0.3, -0.25) is 30.6 Å². The Kier molecular flexibility index (Phi) is 8.49. The zero-order valence-corrected chi connectivity index (χ0v) is 19.3. The van der Waals surface area contributed by atoms with Gasteiger partial charge in [-0.05, 0) is 62.3 Å². The van der Waals surface area contributed by atoms with Gasteiger partial charge in [0.15, 0.2) is 5.11 Å². The highest BCUT2D eigenvalue weighted by atomic mass is 79.9. The number of nitrogens with one attached hydrogen (secondary N) is 4. The summed E-state index contributed by atoms with van der Waals surface area (Å²) < 4.78 is 0.807. The van der Waals surface area contributed by atoms with E-state index in [4.69, 9.17) is 12.2 Å². The Morgan fingerprint density at radius 2 is 1.60 bits per heavy atom. The highest BCUT2D eigenvalue weighted by Crippen LogP contribution is 2.17. The van der Waals surface area contributed by atoms with Gasteiger partial charge in [0.1, 0.15) is 0 Å². The van der Waals surface area contributed by atoms with Crippen molar-refractivity contribution in [2.75, 3.05) is 5.32 Å². The van der Waals surface area contributed by atoms with Gasteiger partial charge in [0.25, 0.3) is 5.91 Å². The molecule has 30 heavy (non-hydrogen) atoms. The minimum absolute atomic E-state index is 0.0113. The maximum atomic E-state index is 12.2. The fourth-order valence-corrected chi connectivity index (χ4v) is 3.05. The smallest absolute Gasteiger partial charge is 0.257 e. The van der Waals surface area contributed by atoms with Gasteiger partial charge >= 0.3 is 0 Å². The van der Waals surface area contributed by atoms with E-state index in [9.17, 15) is 14.4 Å². The van der Waals surface area contributed by atoms with Crippen molar-refractivity contribution >= 4 is 56.7 Å². The molecule has 2 rings (SSSR count). The van der Waals surface area contributed by atoms with Crippen LogP contribution in [0.15, 0.2) is 40.9 Å². The van der Waals surface area contributed by atoms with E-state index < -0.39 is 11.8 Å². The molecule has 0 heterocycles. The number of anilines is 1. The SMILES string of the molecule is Cc1ccc(NC(=O)CCC(=O)NNC(=S)NC(=O)c2ccc(C)c(Br)c2)c(C)c1. The van der Waals surface area contributed by atoms with Gasteiger partial charge in [-0.15, -0.1) is 0 Å². The summed E-state index contributed by atoms with van der Waals surface area (Å²) in [5.41, 5.74) is 9.02. The Hall–Kier alpha value is -2.78. The second-order valence-corrected chi connectivity index (χ2v) is 8.05. The van der Waals surface area contributed by atoms with Crippen molar-refractivity contribution in [1.82, 2.24) is 16.2 Å². The zero-order chi connectivity index (χ0) is 22.3. The number of carbonyl (C=O) groups is 3. The molecule has 0 aliphatic carbocycles. The molecule has 0 saturated carbocycles. The Bertz CT molecular complexity index is 994. The number of carbonyl (C=O) groups excluding carboxylic acids is 3. The molecule has 2 aromatic rings. The number of hydrogen-bond acceptors (Lipinski definition) is 4. The first-order chi connectivity index (χ1) is 14.2. The van der Waals surface area contributed by atoms with Crippen molar-refractivity contribution < 1.29 is 14.4 Å². The second kappa shape index (κ2) is 10.8.